The highest BCUT2D eigenvalue weighted by Gasteiger charge is 2.10. The van der Waals surface area contributed by atoms with E-state index in [1.807, 2.05) is 42.5 Å². The van der Waals surface area contributed by atoms with E-state index in [1.54, 1.807) is 7.11 Å². The van der Waals surface area contributed by atoms with Gasteiger partial charge in [0.1, 0.15) is 0 Å². The summed E-state index contributed by atoms with van der Waals surface area (Å²) in [6.45, 7) is 1.39. The van der Waals surface area contributed by atoms with Crippen molar-refractivity contribution < 1.29 is 9.84 Å². The zero-order valence-corrected chi connectivity index (χ0v) is 11.8. The molecule has 0 saturated heterocycles. The van der Waals surface area contributed by atoms with Crippen LogP contribution in [0.25, 0.3) is 0 Å². The van der Waals surface area contributed by atoms with E-state index in [0.717, 1.165) is 5.56 Å². The topological polar surface area (TPSA) is 41.5 Å². The molecule has 2 aromatic rings. The Labute approximate surface area is 120 Å². The lowest BCUT2D eigenvalue weighted by Gasteiger charge is -2.18. The van der Waals surface area contributed by atoms with Crippen molar-refractivity contribution in [3.63, 3.8) is 0 Å². The lowest BCUT2D eigenvalue weighted by atomic mass is 10.1. The van der Waals surface area contributed by atoms with E-state index in [4.69, 9.17) is 4.74 Å². The summed E-state index contributed by atoms with van der Waals surface area (Å²) in [5, 5.41) is 12.9. The van der Waals surface area contributed by atoms with Crippen LogP contribution in [0.15, 0.2) is 54.6 Å². The molecular weight excluding hydrogens is 250 g/mol. The van der Waals surface area contributed by atoms with Crippen LogP contribution in [-0.4, -0.2) is 18.8 Å². The first-order valence-electron chi connectivity index (χ1n) is 6.80. The van der Waals surface area contributed by atoms with E-state index in [1.165, 1.54) is 11.1 Å². The third-order valence-corrected chi connectivity index (χ3v) is 3.34. The Balaban J connectivity index is 2.04. The Hall–Kier alpha value is -1.68. The lowest BCUT2D eigenvalue weighted by molar-refractivity contribution is 0.183. The molecule has 2 rings (SSSR count). The maximum atomic E-state index is 9.54. The Morgan fingerprint density at radius 2 is 1.65 bits per heavy atom. The lowest BCUT2D eigenvalue weighted by Crippen LogP contribution is -2.24. The minimum atomic E-state index is -0.0493. The highest BCUT2D eigenvalue weighted by atomic mass is 16.5. The van der Waals surface area contributed by atoms with Crippen LogP contribution >= 0.6 is 0 Å². The number of ether oxygens (including phenoxy) is 1. The quantitative estimate of drug-likeness (QED) is 0.813. The molecule has 106 valence electrons. The van der Waals surface area contributed by atoms with Gasteiger partial charge in [0.2, 0.25) is 0 Å². The molecule has 0 aliphatic carbocycles. The predicted molar refractivity (Wildman–Crippen MR) is 80.3 cm³/mol. The second-order valence-corrected chi connectivity index (χ2v) is 4.73. The van der Waals surface area contributed by atoms with Gasteiger partial charge in [0.25, 0.3) is 0 Å². The predicted octanol–water partition coefficient (Wildman–Crippen LogP) is 2.66. The molecule has 0 radical (unpaired) electrons. The van der Waals surface area contributed by atoms with Gasteiger partial charge in [-0.25, -0.2) is 0 Å². The van der Waals surface area contributed by atoms with Crippen molar-refractivity contribution in [2.24, 2.45) is 0 Å². The van der Waals surface area contributed by atoms with Gasteiger partial charge in [-0.1, -0.05) is 54.6 Å². The van der Waals surface area contributed by atoms with Crippen molar-refractivity contribution in [1.82, 2.24) is 5.32 Å². The molecule has 2 aromatic carbocycles. The number of aliphatic hydroxyl groups is 1. The molecule has 0 amide bonds. The zero-order valence-electron chi connectivity index (χ0n) is 11.8. The summed E-state index contributed by atoms with van der Waals surface area (Å²) >= 11 is 0. The fourth-order valence-electron chi connectivity index (χ4n) is 2.23. The average molecular weight is 271 g/mol. The summed E-state index contributed by atoms with van der Waals surface area (Å²) in [4.78, 5) is 0. The number of hydrogen-bond donors (Lipinski definition) is 2. The van der Waals surface area contributed by atoms with Crippen LogP contribution in [0, 0.1) is 0 Å². The summed E-state index contributed by atoms with van der Waals surface area (Å²) < 4.78 is 5.21. The molecule has 0 spiro atoms. The molecule has 0 heterocycles. The molecule has 0 saturated carbocycles. The Morgan fingerprint density at radius 1 is 1.00 bits per heavy atom. The zero-order chi connectivity index (χ0) is 14.2. The van der Waals surface area contributed by atoms with E-state index >= 15 is 0 Å². The van der Waals surface area contributed by atoms with Crippen LogP contribution in [0.3, 0.4) is 0 Å². The van der Waals surface area contributed by atoms with Crippen molar-refractivity contribution in [3.05, 3.63) is 71.3 Å². The van der Waals surface area contributed by atoms with Crippen LogP contribution in [0.5, 0.6) is 0 Å². The first kappa shape index (κ1) is 14.7. The van der Waals surface area contributed by atoms with Crippen molar-refractivity contribution in [2.45, 2.75) is 19.2 Å². The number of methoxy groups -OCH3 is 1. The van der Waals surface area contributed by atoms with Crippen molar-refractivity contribution in [1.29, 1.82) is 0 Å². The minimum Gasteiger partial charge on any atom is -0.394 e. The fourth-order valence-corrected chi connectivity index (χ4v) is 2.23. The monoisotopic (exact) mass is 271 g/mol. The van der Waals surface area contributed by atoms with Gasteiger partial charge >= 0.3 is 0 Å². The van der Waals surface area contributed by atoms with Gasteiger partial charge in [-0.2, -0.15) is 0 Å². The highest BCUT2D eigenvalue weighted by molar-refractivity contribution is 5.27. The Kier molecular flexibility index (Phi) is 5.74. The maximum absolute atomic E-state index is 9.54. The molecule has 0 aliphatic rings. The highest BCUT2D eigenvalue weighted by Crippen LogP contribution is 2.15. The molecule has 1 atom stereocenters. The van der Waals surface area contributed by atoms with Gasteiger partial charge in [-0.05, 0) is 16.7 Å². The molecule has 0 bridgehead atoms. The third-order valence-electron chi connectivity index (χ3n) is 3.34. The summed E-state index contributed by atoms with van der Waals surface area (Å²) in [6.07, 6.45) is 0. The van der Waals surface area contributed by atoms with E-state index in [2.05, 4.69) is 17.4 Å². The number of benzene rings is 2. The summed E-state index contributed by atoms with van der Waals surface area (Å²) in [7, 11) is 1.70. The van der Waals surface area contributed by atoms with Crippen LogP contribution in [0.2, 0.25) is 0 Å². The van der Waals surface area contributed by atoms with Crippen molar-refractivity contribution in [2.75, 3.05) is 13.7 Å². The first-order chi connectivity index (χ1) is 9.85. The Bertz CT molecular complexity index is 513. The molecule has 0 aliphatic heterocycles. The van der Waals surface area contributed by atoms with Crippen LogP contribution < -0.4 is 5.32 Å². The second-order valence-electron chi connectivity index (χ2n) is 4.73. The molecule has 0 unspecified atom stereocenters. The average Bonchev–Trinajstić information content (AvgIpc) is 2.51. The second kappa shape index (κ2) is 7.80. The molecule has 3 heteroatoms. The molecule has 2 N–H and O–H groups in total. The third kappa shape index (κ3) is 3.90. The molecular formula is C17H21NO2. The number of rotatable bonds is 7. The van der Waals surface area contributed by atoms with E-state index in [-0.39, 0.29) is 12.6 Å². The number of aliphatic hydroxyl groups excluding tert-OH is 1. The van der Waals surface area contributed by atoms with Crippen LogP contribution in [-0.2, 0) is 17.9 Å². The largest absolute Gasteiger partial charge is 0.394 e. The smallest absolute Gasteiger partial charge is 0.0716 e. The molecule has 3 nitrogen and oxygen atoms in total. The van der Waals surface area contributed by atoms with Gasteiger partial charge in [-0.3, -0.25) is 0 Å². The maximum Gasteiger partial charge on any atom is 0.0716 e. The molecule has 0 aromatic heterocycles. The van der Waals surface area contributed by atoms with Gasteiger partial charge in [0.15, 0.2) is 0 Å². The SMILES string of the molecule is COCc1ccccc1CN[C@@H](CO)c1ccccc1. The van der Waals surface area contributed by atoms with Crippen LogP contribution in [0.4, 0.5) is 0 Å². The summed E-state index contributed by atoms with van der Waals surface area (Å²) in [5.74, 6) is 0. The first-order valence-corrected chi connectivity index (χ1v) is 6.80. The van der Waals surface area contributed by atoms with Gasteiger partial charge in [-0.15, -0.1) is 0 Å². The van der Waals surface area contributed by atoms with Crippen molar-refractivity contribution >= 4 is 0 Å². The molecule has 0 fully saturated rings. The van der Waals surface area contributed by atoms with E-state index < -0.39 is 0 Å². The van der Waals surface area contributed by atoms with Crippen LogP contribution in [0.1, 0.15) is 22.7 Å². The minimum absolute atomic E-state index is 0.0493. The van der Waals surface area contributed by atoms with E-state index in [9.17, 15) is 5.11 Å². The summed E-state index contributed by atoms with van der Waals surface area (Å²) in [5.41, 5.74) is 3.47. The Morgan fingerprint density at radius 3 is 2.30 bits per heavy atom. The number of nitrogens with one attached hydrogen (secondary N) is 1. The standard InChI is InChI=1S/C17H21NO2/c1-20-13-16-10-6-5-9-15(16)11-18-17(12-19)14-7-3-2-4-8-14/h2-10,17-19H,11-13H2,1H3/t17-/m0/s1. The fraction of sp³-hybridized carbons (Fsp3) is 0.294. The summed E-state index contributed by atoms with van der Waals surface area (Å²) in [6, 6.07) is 18.1. The normalized spacial score (nSPS) is 12.3. The molecule has 20 heavy (non-hydrogen) atoms. The van der Waals surface area contributed by atoms with Gasteiger partial charge < -0.3 is 15.2 Å². The van der Waals surface area contributed by atoms with E-state index in [0.29, 0.717) is 13.2 Å². The number of hydrogen-bond acceptors (Lipinski definition) is 3. The van der Waals surface area contributed by atoms with Gasteiger partial charge in [0.05, 0.1) is 19.3 Å². The van der Waals surface area contributed by atoms with Gasteiger partial charge in [0, 0.05) is 13.7 Å². The van der Waals surface area contributed by atoms with Crippen molar-refractivity contribution in [3.8, 4) is 0 Å².